The van der Waals surface area contributed by atoms with Crippen molar-refractivity contribution < 1.29 is 9.90 Å². The lowest BCUT2D eigenvalue weighted by atomic mass is 9.84. The Labute approximate surface area is 121 Å². The summed E-state index contributed by atoms with van der Waals surface area (Å²) in [5.41, 5.74) is 1.32. The Bertz CT molecular complexity index is 414. The molecule has 110 valence electrons. The summed E-state index contributed by atoms with van der Waals surface area (Å²) < 4.78 is 0. The fraction of sp³-hybridized carbons (Fsp3) is 0.588. The summed E-state index contributed by atoms with van der Waals surface area (Å²) in [5.74, 6) is 0.118. The van der Waals surface area contributed by atoms with Crippen LogP contribution in [0.3, 0.4) is 0 Å². The number of rotatable bonds is 8. The van der Waals surface area contributed by atoms with Crippen LogP contribution in [-0.4, -0.2) is 29.1 Å². The van der Waals surface area contributed by atoms with E-state index in [-0.39, 0.29) is 6.42 Å². The van der Waals surface area contributed by atoms with Crippen LogP contribution in [0.15, 0.2) is 30.3 Å². The molecule has 0 saturated heterocycles. The van der Waals surface area contributed by atoms with Gasteiger partial charge in [0, 0.05) is 19.0 Å². The Balaban J connectivity index is 1.94. The molecule has 3 heteroatoms. The number of carboxylic acid groups (broad SMARTS) is 1. The minimum absolute atomic E-state index is 0.267. The molecule has 1 aliphatic rings. The van der Waals surface area contributed by atoms with E-state index in [0.29, 0.717) is 6.04 Å². The largest absolute Gasteiger partial charge is 0.481 e. The van der Waals surface area contributed by atoms with Crippen LogP contribution >= 0.6 is 0 Å². The van der Waals surface area contributed by atoms with E-state index in [2.05, 4.69) is 36.1 Å². The van der Waals surface area contributed by atoms with Crippen molar-refractivity contribution in [3.05, 3.63) is 35.9 Å². The Morgan fingerprint density at radius 2 is 2.05 bits per heavy atom. The van der Waals surface area contributed by atoms with E-state index in [1.165, 1.54) is 24.8 Å². The molecule has 1 fully saturated rings. The van der Waals surface area contributed by atoms with Crippen molar-refractivity contribution >= 4 is 5.97 Å². The van der Waals surface area contributed by atoms with Crippen LogP contribution in [0.1, 0.15) is 50.6 Å². The number of carboxylic acids is 1. The highest BCUT2D eigenvalue weighted by Crippen LogP contribution is 2.30. The standard InChI is InChI=1S/C17H25NO2/c1-14(16-9-3-2-4-10-16)18(12-6-11-17(19)20)13-15-7-5-8-15/h2-4,9-10,14-15H,5-8,11-13H2,1H3,(H,19,20). The zero-order valence-electron chi connectivity index (χ0n) is 12.3. The molecule has 1 aromatic rings. The molecule has 0 amide bonds. The third-order valence-corrected chi connectivity index (χ3v) is 4.38. The first-order chi connectivity index (χ1) is 9.66. The minimum atomic E-state index is -0.694. The van der Waals surface area contributed by atoms with Crippen LogP contribution < -0.4 is 0 Å². The molecule has 0 spiro atoms. The fourth-order valence-corrected chi connectivity index (χ4v) is 2.83. The first-order valence-electron chi connectivity index (χ1n) is 7.67. The van der Waals surface area contributed by atoms with Crippen molar-refractivity contribution in [1.29, 1.82) is 0 Å². The molecular weight excluding hydrogens is 250 g/mol. The molecule has 3 nitrogen and oxygen atoms in total. The molecule has 1 saturated carbocycles. The molecule has 20 heavy (non-hydrogen) atoms. The third kappa shape index (κ3) is 4.34. The summed E-state index contributed by atoms with van der Waals surface area (Å²) in [6.07, 6.45) is 5.02. The van der Waals surface area contributed by atoms with Crippen molar-refractivity contribution in [2.24, 2.45) is 5.92 Å². The van der Waals surface area contributed by atoms with Gasteiger partial charge in [0.25, 0.3) is 0 Å². The predicted octanol–water partition coefficient (Wildman–Crippen LogP) is 3.71. The molecule has 1 aromatic carbocycles. The van der Waals surface area contributed by atoms with Crippen molar-refractivity contribution in [1.82, 2.24) is 4.90 Å². The van der Waals surface area contributed by atoms with E-state index < -0.39 is 5.97 Å². The summed E-state index contributed by atoms with van der Waals surface area (Å²) >= 11 is 0. The zero-order valence-corrected chi connectivity index (χ0v) is 12.3. The molecule has 1 atom stereocenters. The summed E-state index contributed by atoms with van der Waals surface area (Å²) in [7, 11) is 0. The Morgan fingerprint density at radius 1 is 1.35 bits per heavy atom. The Hall–Kier alpha value is -1.35. The van der Waals surface area contributed by atoms with Gasteiger partial charge >= 0.3 is 5.97 Å². The maximum absolute atomic E-state index is 10.7. The summed E-state index contributed by atoms with van der Waals surface area (Å²) in [6, 6.07) is 10.9. The SMILES string of the molecule is CC(c1ccccc1)N(CCCC(=O)O)CC1CCC1. The molecular formula is C17H25NO2. The Morgan fingerprint density at radius 3 is 2.60 bits per heavy atom. The monoisotopic (exact) mass is 275 g/mol. The van der Waals surface area contributed by atoms with Crippen LogP contribution in [0.2, 0.25) is 0 Å². The highest BCUT2D eigenvalue weighted by Gasteiger charge is 2.24. The normalized spacial score (nSPS) is 16.9. The van der Waals surface area contributed by atoms with E-state index >= 15 is 0 Å². The van der Waals surface area contributed by atoms with Gasteiger partial charge in [-0.15, -0.1) is 0 Å². The first kappa shape index (κ1) is 15.0. The maximum Gasteiger partial charge on any atom is 0.303 e. The second kappa shape index (κ2) is 7.44. The van der Waals surface area contributed by atoms with Crippen LogP contribution in [0.4, 0.5) is 0 Å². The summed E-state index contributed by atoms with van der Waals surface area (Å²) in [6.45, 7) is 4.21. The quantitative estimate of drug-likeness (QED) is 0.786. The topological polar surface area (TPSA) is 40.5 Å². The summed E-state index contributed by atoms with van der Waals surface area (Å²) in [4.78, 5) is 13.2. The smallest absolute Gasteiger partial charge is 0.303 e. The van der Waals surface area contributed by atoms with Crippen molar-refractivity contribution in [3.63, 3.8) is 0 Å². The maximum atomic E-state index is 10.7. The predicted molar refractivity (Wildman–Crippen MR) is 80.6 cm³/mol. The molecule has 0 radical (unpaired) electrons. The van der Waals surface area contributed by atoms with Gasteiger partial charge in [-0.05, 0) is 44.2 Å². The van der Waals surface area contributed by atoms with Crippen molar-refractivity contribution in [3.8, 4) is 0 Å². The minimum Gasteiger partial charge on any atom is -0.481 e. The van der Waals surface area contributed by atoms with Gasteiger partial charge in [-0.1, -0.05) is 36.8 Å². The molecule has 0 aliphatic heterocycles. The second-order valence-corrected chi connectivity index (χ2v) is 5.88. The summed E-state index contributed by atoms with van der Waals surface area (Å²) in [5, 5.41) is 8.80. The van der Waals surface area contributed by atoms with E-state index in [1.807, 2.05) is 6.07 Å². The molecule has 2 rings (SSSR count). The van der Waals surface area contributed by atoms with Gasteiger partial charge in [-0.25, -0.2) is 0 Å². The highest BCUT2D eigenvalue weighted by atomic mass is 16.4. The first-order valence-corrected chi connectivity index (χ1v) is 7.67. The number of nitrogens with zero attached hydrogens (tertiary/aromatic N) is 1. The van der Waals surface area contributed by atoms with Crippen LogP contribution in [0.5, 0.6) is 0 Å². The van der Waals surface area contributed by atoms with Crippen LogP contribution in [0, 0.1) is 5.92 Å². The molecule has 1 N–H and O–H groups in total. The van der Waals surface area contributed by atoms with E-state index in [1.54, 1.807) is 0 Å². The molecule has 0 bridgehead atoms. The van der Waals surface area contributed by atoms with Gasteiger partial charge in [0.05, 0.1) is 0 Å². The van der Waals surface area contributed by atoms with Gasteiger partial charge in [-0.2, -0.15) is 0 Å². The fourth-order valence-electron chi connectivity index (χ4n) is 2.83. The second-order valence-electron chi connectivity index (χ2n) is 5.88. The van der Waals surface area contributed by atoms with Crippen LogP contribution in [-0.2, 0) is 4.79 Å². The third-order valence-electron chi connectivity index (χ3n) is 4.38. The van der Waals surface area contributed by atoms with E-state index in [4.69, 9.17) is 5.11 Å². The zero-order chi connectivity index (χ0) is 14.4. The lowest BCUT2D eigenvalue weighted by Crippen LogP contribution is -2.35. The van der Waals surface area contributed by atoms with Crippen LogP contribution in [0.25, 0.3) is 0 Å². The van der Waals surface area contributed by atoms with Gasteiger partial charge in [0.1, 0.15) is 0 Å². The van der Waals surface area contributed by atoms with Gasteiger partial charge in [0.2, 0.25) is 0 Å². The van der Waals surface area contributed by atoms with Crippen molar-refractivity contribution in [2.45, 2.75) is 45.1 Å². The lowest BCUT2D eigenvalue weighted by molar-refractivity contribution is -0.137. The van der Waals surface area contributed by atoms with E-state index in [0.717, 1.165) is 25.4 Å². The van der Waals surface area contributed by atoms with Gasteiger partial charge in [-0.3, -0.25) is 9.69 Å². The lowest BCUT2D eigenvalue weighted by Gasteiger charge is -2.36. The number of benzene rings is 1. The highest BCUT2D eigenvalue weighted by molar-refractivity contribution is 5.66. The molecule has 0 heterocycles. The number of carbonyl (C=O) groups is 1. The van der Waals surface area contributed by atoms with Gasteiger partial charge in [0.15, 0.2) is 0 Å². The number of hydrogen-bond acceptors (Lipinski definition) is 2. The molecule has 1 aliphatic carbocycles. The Kier molecular flexibility index (Phi) is 5.60. The van der Waals surface area contributed by atoms with Crippen molar-refractivity contribution in [2.75, 3.05) is 13.1 Å². The average molecular weight is 275 g/mol. The molecule has 0 aromatic heterocycles. The van der Waals surface area contributed by atoms with Gasteiger partial charge < -0.3 is 5.11 Å². The molecule has 1 unspecified atom stereocenters. The number of aliphatic carboxylic acids is 1. The number of hydrogen-bond donors (Lipinski definition) is 1. The average Bonchev–Trinajstić information content (AvgIpc) is 2.40. The van der Waals surface area contributed by atoms with E-state index in [9.17, 15) is 4.79 Å².